The molecule has 1 nitrogen and oxygen atoms in total. The van der Waals surface area contributed by atoms with E-state index in [0.29, 0.717) is 12.0 Å². The van der Waals surface area contributed by atoms with Crippen molar-refractivity contribution in [1.82, 2.24) is 5.32 Å². The molecular formula is C19H23N. The molecule has 2 aromatic rings. The maximum absolute atomic E-state index is 3.70. The minimum atomic E-state index is 0.568. The van der Waals surface area contributed by atoms with Crippen molar-refractivity contribution < 1.29 is 0 Å². The predicted octanol–water partition coefficient (Wildman–Crippen LogP) is 3.99. The van der Waals surface area contributed by atoms with Crippen LogP contribution in [0.2, 0.25) is 0 Å². The molecule has 1 heteroatoms. The van der Waals surface area contributed by atoms with Gasteiger partial charge in [0.25, 0.3) is 0 Å². The van der Waals surface area contributed by atoms with Crippen LogP contribution in [0.3, 0.4) is 0 Å². The lowest BCUT2D eigenvalue weighted by atomic mass is 9.85. The number of hydrogen-bond acceptors (Lipinski definition) is 1. The van der Waals surface area contributed by atoms with Gasteiger partial charge in [0, 0.05) is 12.0 Å². The van der Waals surface area contributed by atoms with Gasteiger partial charge in [-0.3, -0.25) is 0 Å². The molecule has 1 aliphatic heterocycles. The molecule has 0 aliphatic carbocycles. The lowest BCUT2D eigenvalue weighted by Crippen LogP contribution is -2.28. The zero-order valence-electron chi connectivity index (χ0n) is 12.4. The zero-order chi connectivity index (χ0) is 13.9. The van der Waals surface area contributed by atoms with Gasteiger partial charge in [-0.15, -0.1) is 0 Å². The van der Waals surface area contributed by atoms with Crippen LogP contribution in [-0.2, 0) is 6.42 Å². The average molecular weight is 265 g/mol. The number of aryl methyl sites for hydroxylation is 1. The van der Waals surface area contributed by atoms with Crippen LogP contribution in [0.5, 0.6) is 0 Å². The first-order valence-corrected chi connectivity index (χ1v) is 7.59. The van der Waals surface area contributed by atoms with Crippen molar-refractivity contribution in [2.75, 3.05) is 6.54 Å². The molecule has 0 spiro atoms. The van der Waals surface area contributed by atoms with E-state index in [1.165, 1.54) is 28.7 Å². The molecule has 1 fully saturated rings. The molecule has 1 saturated heterocycles. The molecule has 0 amide bonds. The second kappa shape index (κ2) is 5.80. The first kappa shape index (κ1) is 13.4. The highest BCUT2D eigenvalue weighted by molar-refractivity contribution is 5.37. The standard InChI is InChI=1S/C19H23N/c1-14-7-6-10-17(15(14)2)18-11-12-20-19(18)13-16-8-4-3-5-9-16/h3-10,18-20H,11-13H2,1-2H3. The first-order chi connectivity index (χ1) is 9.75. The van der Waals surface area contributed by atoms with Crippen molar-refractivity contribution in [1.29, 1.82) is 0 Å². The summed E-state index contributed by atoms with van der Waals surface area (Å²) in [5, 5.41) is 3.70. The zero-order valence-corrected chi connectivity index (χ0v) is 12.4. The van der Waals surface area contributed by atoms with Crippen molar-refractivity contribution >= 4 is 0 Å². The third-order valence-corrected chi connectivity index (χ3v) is 4.69. The Bertz CT molecular complexity index is 574. The summed E-state index contributed by atoms with van der Waals surface area (Å²) in [6.45, 7) is 5.62. The lowest BCUT2D eigenvalue weighted by Gasteiger charge is -2.22. The largest absolute Gasteiger partial charge is 0.313 e. The van der Waals surface area contributed by atoms with Gasteiger partial charge in [0.2, 0.25) is 0 Å². The van der Waals surface area contributed by atoms with Crippen molar-refractivity contribution in [3.05, 3.63) is 70.8 Å². The van der Waals surface area contributed by atoms with Crippen molar-refractivity contribution in [3.63, 3.8) is 0 Å². The van der Waals surface area contributed by atoms with Crippen LogP contribution in [-0.4, -0.2) is 12.6 Å². The van der Waals surface area contributed by atoms with Crippen molar-refractivity contribution in [2.45, 2.75) is 38.6 Å². The van der Waals surface area contributed by atoms with Gasteiger partial charge in [0.1, 0.15) is 0 Å². The molecule has 1 heterocycles. The van der Waals surface area contributed by atoms with E-state index in [9.17, 15) is 0 Å². The fraction of sp³-hybridized carbons (Fsp3) is 0.368. The molecule has 3 rings (SSSR count). The predicted molar refractivity (Wildman–Crippen MR) is 85.2 cm³/mol. The number of rotatable bonds is 3. The summed E-state index contributed by atoms with van der Waals surface area (Å²) < 4.78 is 0. The van der Waals surface area contributed by atoms with Crippen LogP contribution >= 0.6 is 0 Å². The summed E-state index contributed by atoms with van der Waals surface area (Å²) in [5.74, 6) is 0.648. The van der Waals surface area contributed by atoms with Crippen LogP contribution in [0.4, 0.5) is 0 Å². The van der Waals surface area contributed by atoms with Gasteiger partial charge in [0.15, 0.2) is 0 Å². The Balaban J connectivity index is 1.84. The molecule has 2 atom stereocenters. The fourth-order valence-corrected chi connectivity index (χ4v) is 3.40. The highest BCUT2D eigenvalue weighted by Crippen LogP contribution is 2.32. The van der Waals surface area contributed by atoms with E-state index in [2.05, 4.69) is 67.7 Å². The molecule has 1 N–H and O–H groups in total. The summed E-state index contributed by atoms with van der Waals surface area (Å²) in [5.41, 5.74) is 5.85. The Morgan fingerprint density at radius 3 is 2.60 bits per heavy atom. The fourth-order valence-electron chi connectivity index (χ4n) is 3.40. The van der Waals surface area contributed by atoms with Crippen molar-refractivity contribution in [2.24, 2.45) is 0 Å². The average Bonchev–Trinajstić information content (AvgIpc) is 2.91. The Kier molecular flexibility index (Phi) is 3.88. The van der Waals surface area contributed by atoms with E-state index in [-0.39, 0.29) is 0 Å². The molecule has 0 radical (unpaired) electrons. The Hall–Kier alpha value is -1.60. The lowest BCUT2D eigenvalue weighted by molar-refractivity contribution is 0.542. The van der Waals surface area contributed by atoms with Crippen molar-refractivity contribution in [3.8, 4) is 0 Å². The normalized spacial score (nSPS) is 22.1. The molecule has 20 heavy (non-hydrogen) atoms. The summed E-state index contributed by atoms with van der Waals surface area (Å²) in [7, 11) is 0. The summed E-state index contributed by atoms with van der Waals surface area (Å²) in [6.07, 6.45) is 2.38. The van der Waals surface area contributed by atoms with Crippen LogP contribution in [0.15, 0.2) is 48.5 Å². The van der Waals surface area contributed by atoms with E-state index in [4.69, 9.17) is 0 Å². The molecule has 104 valence electrons. The number of benzene rings is 2. The van der Waals surface area contributed by atoms with E-state index >= 15 is 0 Å². The Morgan fingerprint density at radius 2 is 1.80 bits per heavy atom. The van der Waals surface area contributed by atoms with Gasteiger partial charge >= 0.3 is 0 Å². The molecule has 2 aromatic carbocycles. The van der Waals surface area contributed by atoms with Gasteiger partial charge in [-0.25, -0.2) is 0 Å². The van der Waals surface area contributed by atoms with E-state index in [1.54, 1.807) is 0 Å². The molecule has 0 aromatic heterocycles. The maximum atomic E-state index is 3.70. The quantitative estimate of drug-likeness (QED) is 0.884. The van der Waals surface area contributed by atoms with Gasteiger partial charge in [-0.05, 0) is 55.5 Å². The minimum Gasteiger partial charge on any atom is -0.313 e. The van der Waals surface area contributed by atoms with Crippen LogP contribution in [0, 0.1) is 13.8 Å². The summed E-state index contributed by atoms with van der Waals surface area (Å²) >= 11 is 0. The number of nitrogens with one attached hydrogen (secondary N) is 1. The summed E-state index contributed by atoms with van der Waals surface area (Å²) in [4.78, 5) is 0. The smallest absolute Gasteiger partial charge is 0.0177 e. The van der Waals surface area contributed by atoms with E-state index in [0.717, 1.165) is 13.0 Å². The third kappa shape index (κ3) is 2.64. The highest BCUT2D eigenvalue weighted by Gasteiger charge is 2.29. The Morgan fingerprint density at radius 1 is 1.00 bits per heavy atom. The molecule has 0 bridgehead atoms. The first-order valence-electron chi connectivity index (χ1n) is 7.59. The molecule has 0 saturated carbocycles. The van der Waals surface area contributed by atoms with Gasteiger partial charge in [-0.1, -0.05) is 48.5 Å². The molecule has 1 aliphatic rings. The Labute approximate surface area is 122 Å². The number of hydrogen-bond donors (Lipinski definition) is 1. The monoisotopic (exact) mass is 265 g/mol. The summed E-state index contributed by atoms with van der Waals surface area (Å²) in [6, 6.07) is 18.1. The second-order valence-electron chi connectivity index (χ2n) is 5.93. The minimum absolute atomic E-state index is 0.568. The van der Waals surface area contributed by atoms with Crippen LogP contribution < -0.4 is 5.32 Å². The maximum Gasteiger partial charge on any atom is 0.0177 e. The van der Waals surface area contributed by atoms with Crippen LogP contribution in [0.25, 0.3) is 0 Å². The van der Waals surface area contributed by atoms with Gasteiger partial charge in [-0.2, -0.15) is 0 Å². The van der Waals surface area contributed by atoms with E-state index < -0.39 is 0 Å². The second-order valence-corrected chi connectivity index (χ2v) is 5.93. The molecule has 2 unspecified atom stereocenters. The van der Waals surface area contributed by atoms with Gasteiger partial charge in [0.05, 0.1) is 0 Å². The van der Waals surface area contributed by atoms with Crippen LogP contribution in [0.1, 0.15) is 34.6 Å². The SMILES string of the molecule is Cc1cccc(C2CCNC2Cc2ccccc2)c1C. The topological polar surface area (TPSA) is 12.0 Å². The van der Waals surface area contributed by atoms with E-state index in [1.807, 2.05) is 0 Å². The third-order valence-electron chi connectivity index (χ3n) is 4.69. The molecular weight excluding hydrogens is 242 g/mol. The van der Waals surface area contributed by atoms with Gasteiger partial charge < -0.3 is 5.32 Å². The highest BCUT2D eigenvalue weighted by atomic mass is 14.9.